The monoisotopic (exact) mass is 1570 g/mol. The number of alkyl halides is 1. The third-order valence-corrected chi connectivity index (χ3v) is 27.9. The van der Waals surface area contributed by atoms with Crippen LogP contribution in [0.2, 0.25) is 18.1 Å². The minimum Gasteiger partial charge on any atom is -0.497 e. The summed E-state index contributed by atoms with van der Waals surface area (Å²) in [5.41, 5.74) is -0.397. The Morgan fingerprint density at radius 1 is 0.673 bits per heavy atom. The number of carbonyl (C=O) groups is 2. The van der Waals surface area contributed by atoms with Gasteiger partial charge in [0.05, 0.1) is 66.5 Å². The number of amides is 2. The van der Waals surface area contributed by atoms with Gasteiger partial charge in [0.2, 0.25) is 18.4 Å². The van der Waals surface area contributed by atoms with E-state index in [9.17, 15) is 14.4 Å². The number of carbonyl (C=O) groups excluding carboxylic acids is 2. The van der Waals surface area contributed by atoms with Gasteiger partial charge in [0.25, 0.3) is 11.5 Å². The summed E-state index contributed by atoms with van der Waals surface area (Å²) in [4.78, 5) is 71.0. The smallest absolute Gasteiger partial charge is 0.475 e. The first-order valence-electron chi connectivity index (χ1n) is 37.1. The summed E-state index contributed by atoms with van der Waals surface area (Å²) in [6.45, 7) is 20.2. The van der Waals surface area contributed by atoms with Crippen molar-refractivity contribution < 1.29 is 69.7 Å². The molecule has 0 radical (unpaired) electrons. The second-order valence-corrected chi connectivity index (χ2v) is 36.4. The first-order valence-corrected chi connectivity index (χ1v) is 41.5. The van der Waals surface area contributed by atoms with Gasteiger partial charge < -0.3 is 52.3 Å². The molecule has 3 fully saturated rings. The summed E-state index contributed by atoms with van der Waals surface area (Å²) in [5.74, 6) is 0.235. The molecule has 1 aliphatic heterocycles. The number of rotatable bonds is 31. The lowest BCUT2D eigenvalue weighted by molar-refractivity contribution is -0.121. The van der Waals surface area contributed by atoms with E-state index in [4.69, 9.17) is 67.7 Å². The summed E-state index contributed by atoms with van der Waals surface area (Å²) < 4.78 is 113. The average Bonchev–Trinajstić information content (AvgIpc) is 1.50. The first kappa shape index (κ1) is 78.8. The van der Waals surface area contributed by atoms with Gasteiger partial charge in [-0.2, -0.15) is 4.98 Å². The van der Waals surface area contributed by atoms with E-state index in [1.165, 1.54) is 23.5 Å². The van der Waals surface area contributed by atoms with Gasteiger partial charge in [-0.25, -0.2) is 35.5 Å². The number of nitrogens with zero attached hydrogens (tertiary/aromatic N) is 8. The van der Waals surface area contributed by atoms with Gasteiger partial charge in [-0.1, -0.05) is 162 Å². The van der Waals surface area contributed by atoms with Crippen molar-refractivity contribution in [1.29, 1.82) is 0 Å². The molecule has 7 aromatic carbocycles. The fourth-order valence-electron chi connectivity index (χ4n) is 15.0. The predicted octanol–water partition coefficient (Wildman–Crippen LogP) is 14.9. The lowest BCUT2D eigenvalue weighted by atomic mass is 9.79. The van der Waals surface area contributed by atoms with Crippen LogP contribution in [0.4, 0.5) is 16.2 Å². The highest BCUT2D eigenvalue weighted by Gasteiger charge is 2.75. The van der Waals surface area contributed by atoms with Crippen molar-refractivity contribution in [2.75, 3.05) is 65.4 Å². The molecule has 3 N–H and O–H groups in total. The Kier molecular flexibility index (Phi) is 22.6. The minimum atomic E-state index is -5.26. The molecule has 11 aromatic rings. The zero-order valence-electron chi connectivity index (χ0n) is 64.4. The minimum absolute atomic E-state index is 0.0232. The quantitative estimate of drug-likeness (QED) is 0.0120. The lowest BCUT2D eigenvalue weighted by Gasteiger charge is -2.46. The van der Waals surface area contributed by atoms with Crippen molar-refractivity contribution in [2.24, 2.45) is 17.3 Å². The fraction of sp³-hybridized carbons (Fsp3) is 0.345. The van der Waals surface area contributed by atoms with E-state index in [1.807, 2.05) is 133 Å². The molecular weight excluding hydrogens is 1480 g/mol. The van der Waals surface area contributed by atoms with Gasteiger partial charge in [-0.15, -0.1) is 0 Å². The van der Waals surface area contributed by atoms with Crippen molar-refractivity contribution in [3.63, 3.8) is 0 Å². The first-order chi connectivity index (χ1) is 54.4. The number of hydrogen-bond acceptors (Lipinski definition) is 20. The van der Waals surface area contributed by atoms with Crippen LogP contribution in [-0.2, 0) is 52.8 Å². The summed E-state index contributed by atoms with van der Waals surface area (Å²) >= 11 is 0. The Hall–Kier alpha value is -10.8. The number of aromatic amines is 1. The number of fused-ring (bicyclic) bond motifs is 3. The predicted molar refractivity (Wildman–Crippen MR) is 423 cm³/mol. The van der Waals surface area contributed by atoms with Crippen LogP contribution in [0.5, 0.6) is 23.0 Å². The highest BCUT2D eigenvalue weighted by Crippen LogP contribution is 2.72. The maximum atomic E-state index is 19.1. The molecule has 0 spiro atoms. The van der Waals surface area contributed by atoms with E-state index in [-0.39, 0.29) is 40.6 Å². The number of hydrogen-bond donors (Lipinski definition) is 3. The molecule has 1 saturated heterocycles. The van der Waals surface area contributed by atoms with Crippen LogP contribution in [0.25, 0.3) is 27.2 Å². The molecule has 26 nitrogen and oxygen atoms in total. The molecule has 3 aliphatic rings. The SMILES string of the molecule is [C-]#[N+]CCOP(=O)(OC[C@@]12C[C@@H]1[C@@H](n1cnc3c(=O)[nH]c(NC(=O)C(C)C)nc31)[C@H](OC(c1ccccc1)(c1ccc(OC)cc1)c1ccc(OC)cc1)[C@@H]2O[Si](C)(C)C(C)(C)C)O[C@H]1[C@@H](F)[C@H](n2cnc3c(NC(=O)c4ccccc4)ncnc32)O[C@@H]1COC(c1ccccc1)(c1ccc(OC)cc1)c1ccc(OC)cc1. The van der Waals surface area contributed by atoms with Gasteiger partial charge in [-0.05, 0) is 125 Å². The van der Waals surface area contributed by atoms with Crippen LogP contribution in [-0.4, -0.2) is 145 Å². The standard InChI is InChI=1S/C84H89FN11O15PSi/c1-52(2)76(97)93-80-92-75-68(78(99)94-80)90-50-95(75)69-64-46-82(64,72(111-113(11,12)81(3,4)5)71(69)109-84(55-26-20-15-21-27-55,58-32-40-62(103-9)41-33-58)59-34-42-63(104-10)43-35-59)48-107-112(100,106-45-44-86-6)110-70-65(108-79(66(70)85)96-51-89-67-73(87-49-88-74(67)96)91-77(98)53-22-16-13-17-23-53)47-105-83(54-24-18-14-19-25-54,56-28-36-60(101-7)37-29-56)57-30-38-61(102-8)39-31-57/h13-43,49-52,64-66,69-72,79H,44-48H2,1-5,7-12H3,(H,87,88,91,98)(H2,92,93,94,97,99)/t64-,65-,66-,69-,70-,71+,72+,79-,82+,112?/m1/s1. The highest BCUT2D eigenvalue weighted by molar-refractivity contribution is 7.48. The van der Waals surface area contributed by atoms with E-state index >= 15 is 8.96 Å². The van der Waals surface area contributed by atoms with E-state index in [0.717, 1.165) is 0 Å². The largest absolute Gasteiger partial charge is 0.497 e. The van der Waals surface area contributed by atoms with E-state index in [0.29, 0.717) is 68.4 Å². The van der Waals surface area contributed by atoms with Crippen LogP contribution in [0.1, 0.15) is 97.0 Å². The average molecular weight is 1570 g/mol. The molecule has 1 unspecified atom stereocenters. The van der Waals surface area contributed by atoms with Gasteiger partial charge in [0.1, 0.15) is 65.4 Å². The molecule has 586 valence electrons. The van der Waals surface area contributed by atoms with E-state index in [1.54, 1.807) is 101 Å². The summed E-state index contributed by atoms with van der Waals surface area (Å²) in [5, 5.41) is 5.13. The van der Waals surface area contributed by atoms with Crippen molar-refractivity contribution >= 4 is 62.0 Å². The molecular formula is C84H89FN11O15PSi. The number of imidazole rings is 2. The number of nitrogens with one attached hydrogen (secondary N) is 3. The number of methoxy groups -OCH3 is 4. The number of aromatic nitrogens is 8. The maximum absolute atomic E-state index is 19.1. The number of anilines is 2. The van der Waals surface area contributed by atoms with Crippen molar-refractivity contribution in [3.8, 4) is 23.0 Å². The van der Waals surface area contributed by atoms with E-state index in [2.05, 4.69) is 69.3 Å². The second kappa shape index (κ2) is 32.3. The Morgan fingerprint density at radius 3 is 1.72 bits per heavy atom. The van der Waals surface area contributed by atoms with Gasteiger partial charge in [0, 0.05) is 16.9 Å². The Balaban J connectivity index is 0.918. The van der Waals surface area contributed by atoms with Crippen LogP contribution in [0.3, 0.4) is 0 Å². The highest BCUT2D eigenvalue weighted by atomic mass is 31.2. The van der Waals surface area contributed by atoms with Gasteiger partial charge >= 0.3 is 7.82 Å². The topological polar surface area (TPSA) is 288 Å². The second-order valence-electron chi connectivity index (χ2n) is 30.0. The van der Waals surface area contributed by atoms with Crippen LogP contribution < -0.4 is 35.1 Å². The Labute approximate surface area is 654 Å². The summed E-state index contributed by atoms with van der Waals surface area (Å²) in [6, 6.07) is 56.6. The molecule has 2 saturated carbocycles. The molecule has 5 heterocycles. The summed E-state index contributed by atoms with van der Waals surface area (Å²) in [7, 11) is -2.02. The normalized spacial score (nSPS) is 20.8. The number of benzene rings is 7. The molecule has 4 aromatic heterocycles. The fourth-order valence-corrected chi connectivity index (χ4v) is 17.8. The third kappa shape index (κ3) is 15.3. The Bertz CT molecular complexity index is 5250. The maximum Gasteiger partial charge on any atom is 0.475 e. The number of H-pyrrole nitrogens is 1. The van der Waals surface area contributed by atoms with Crippen molar-refractivity contribution in [1.82, 2.24) is 39.0 Å². The Morgan fingerprint density at radius 2 is 1.19 bits per heavy atom. The zero-order valence-corrected chi connectivity index (χ0v) is 66.3. The van der Waals surface area contributed by atoms with Crippen LogP contribution in [0, 0.1) is 23.8 Å². The lowest BCUT2D eigenvalue weighted by Crippen LogP contribution is -2.53. The van der Waals surface area contributed by atoms with E-state index < -0.39 is 130 Å². The number of ether oxygens (including phenoxy) is 7. The van der Waals surface area contributed by atoms with Gasteiger partial charge in [-0.3, -0.25) is 42.8 Å². The third-order valence-electron chi connectivity index (χ3n) is 22.0. The molecule has 2 aliphatic carbocycles. The molecule has 14 rings (SSSR count). The molecule has 2 amide bonds. The zero-order chi connectivity index (χ0) is 79.6. The van der Waals surface area contributed by atoms with Gasteiger partial charge in [0.15, 0.2) is 48.9 Å². The van der Waals surface area contributed by atoms with Crippen LogP contribution in [0.15, 0.2) is 212 Å². The molecule has 10 atom stereocenters. The number of phosphoric ester groups is 1. The van der Waals surface area contributed by atoms with Crippen LogP contribution >= 0.6 is 7.82 Å². The summed E-state index contributed by atoms with van der Waals surface area (Å²) in [6.07, 6.45) is -5.17. The number of phosphoric acid groups is 1. The van der Waals surface area contributed by atoms with Crippen molar-refractivity contribution in [3.05, 3.63) is 268 Å². The molecule has 0 bridgehead atoms. The van der Waals surface area contributed by atoms with Crippen molar-refractivity contribution in [2.45, 2.75) is 113 Å². The molecule has 113 heavy (non-hydrogen) atoms. The number of halogens is 1. The molecule has 29 heteroatoms.